The van der Waals surface area contributed by atoms with Crippen LogP contribution in [0.3, 0.4) is 0 Å². The number of hydrogen-bond donors (Lipinski definition) is 1. The van der Waals surface area contributed by atoms with Gasteiger partial charge in [-0.1, -0.05) is 0 Å². The van der Waals surface area contributed by atoms with Crippen LogP contribution in [0.15, 0.2) is 0 Å². The Morgan fingerprint density at radius 2 is 2.36 bits per heavy atom. The third-order valence-electron chi connectivity index (χ3n) is 2.13. The van der Waals surface area contributed by atoms with E-state index in [4.69, 9.17) is 10.5 Å². The maximum Gasteiger partial charge on any atom is 0.319 e. The number of amides is 1. The number of esters is 1. The number of carbonyl (C=O) groups excluding carboxylic acids is 2. The van der Waals surface area contributed by atoms with Crippen molar-refractivity contribution in [3.05, 3.63) is 0 Å². The molecule has 6 heteroatoms. The SMILES string of the molecule is COC(=O)CN1CCOCC1C(N)=O. The molecule has 1 fully saturated rings. The number of carbonyl (C=O) groups is 2. The van der Waals surface area contributed by atoms with Crippen LogP contribution in [0.1, 0.15) is 0 Å². The van der Waals surface area contributed by atoms with Crippen LogP contribution in [0.5, 0.6) is 0 Å². The second kappa shape index (κ2) is 4.92. The maximum absolute atomic E-state index is 11.0. The molecule has 0 aromatic heterocycles. The van der Waals surface area contributed by atoms with Crippen molar-refractivity contribution in [2.75, 3.05) is 33.4 Å². The number of nitrogens with two attached hydrogens (primary N) is 1. The molecule has 1 heterocycles. The molecule has 0 aliphatic carbocycles. The van der Waals surface area contributed by atoms with Crippen molar-refractivity contribution < 1.29 is 19.1 Å². The van der Waals surface area contributed by atoms with Crippen LogP contribution in [0, 0.1) is 0 Å². The topological polar surface area (TPSA) is 81.9 Å². The van der Waals surface area contributed by atoms with Gasteiger partial charge in [0.1, 0.15) is 6.04 Å². The molecule has 14 heavy (non-hydrogen) atoms. The first-order valence-electron chi connectivity index (χ1n) is 4.33. The smallest absolute Gasteiger partial charge is 0.319 e. The number of hydrogen-bond acceptors (Lipinski definition) is 5. The van der Waals surface area contributed by atoms with Gasteiger partial charge < -0.3 is 15.2 Å². The lowest BCUT2D eigenvalue weighted by molar-refractivity contribution is -0.146. The third-order valence-corrected chi connectivity index (χ3v) is 2.13. The van der Waals surface area contributed by atoms with Gasteiger partial charge in [0.2, 0.25) is 5.91 Å². The summed E-state index contributed by atoms with van der Waals surface area (Å²) in [5, 5.41) is 0. The first-order valence-corrected chi connectivity index (χ1v) is 4.33. The lowest BCUT2D eigenvalue weighted by Gasteiger charge is -2.32. The van der Waals surface area contributed by atoms with Crippen LogP contribution >= 0.6 is 0 Å². The molecule has 1 aliphatic heterocycles. The van der Waals surface area contributed by atoms with Crippen molar-refractivity contribution >= 4 is 11.9 Å². The molecule has 0 bridgehead atoms. The summed E-state index contributed by atoms with van der Waals surface area (Å²) in [6.07, 6.45) is 0. The summed E-state index contributed by atoms with van der Waals surface area (Å²) in [4.78, 5) is 23.6. The number of methoxy groups -OCH3 is 1. The molecular weight excluding hydrogens is 188 g/mol. The highest BCUT2D eigenvalue weighted by atomic mass is 16.5. The summed E-state index contributed by atoms with van der Waals surface area (Å²) in [5.41, 5.74) is 5.16. The van der Waals surface area contributed by atoms with Gasteiger partial charge in [-0.25, -0.2) is 0 Å². The molecule has 0 radical (unpaired) electrons. The zero-order valence-corrected chi connectivity index (χ0v) is 8.06. The average Bonchev–Trinajstić information content (AvgIpc) is 2.18. The molecule has 2 N–H and O–H groups in total. The fourth-order valence-electron chi connectivity index (χ4n) is 1.32. The molecule has 1 amide bonds. The Morgan fingerprint density at radius 3 is 2.93 bits per heavy atom. The molecule has 0 saturated carbocycles. The summed E-state index contributed by atoms with van der Waals surface area (Å²) in [6, 6.07) is -0.525. The van der Waals surface area contributed by atoms with Crippen LogP contribution in [0.25, 0.3) is 0 Å². The Labute approximate surface area is 81.9 Å². The van der Waals surface area contributed by atoms with E-state index in [0.29, 0.717) is 13.2 Å². The van der Waals surface area contributed by atoms with Crippen molar-refractivity contribution in [1.82, 2.24) is 4.90 Å². The number of rotatable bonds is 3. The Morgan fingerprint density at radius 1 is 1.64 bits per heavy atom. The minimum atomic E-state index is -0.525. The van der Waals surface area contributed by atoms with Gasteiger partial charge in [0.05, 0.1) is 26.9 Å². The molecule has 1 aliphatic rings. The van der Waals surface area contributed by atoms with Gasteiger partial charge in [-0.3, -0.25) is 14.5 Å². The molecule has 1 atom stereocenters. The molecule has 1 unspecified atom stereocenters. The molecule has 0 aromatic carbocycles. The van der Waals surface area contributed by atoms with Gasteiger partial charge in [0.15, 0.2) is 0 Å². The number of nitrogens with zero attached hydrogens (tertiary/aromatic N) is 1. The van der Waals surface area contributed by atoms with Crippen LogP contribution < -0.4 is 5.73 Å². The van der Waals surface area contributed by atoms with Crippen molar-refractivity contribution in [3.8, 4) is 0 Å². The lowest BCUT2D eigenvalue weighted by atomic mass is 10.2. The zero-order chi connectivity index (χ0) is 10.6. The lowest BCUT2D eigenvalue weighted by Crippen LogP contribution is -2.53. The standard InChI is InChI=1S/C8H14N2O4/c1-13-7(11)4-10-2-3-14-5-6(10)8(9)12/h6H,2-5H2,1H3,(H2,9,12). The molecule has 80 valence electrons. The first kappa shape index (κ1) is 10.9. The second-order valence-corrected chi connectivity index (χ2v) is 3.04. The predicted octanol–water partition coefficient (Wildman–Crippen LogP) is -1.65. The molecule has 6 nitrogen and oxygen atoms in total. The minimum absolute atomic E-state index is 0.0769. The highest BCUT2D eigenvalue weighted by molar-refractivity contribution is 5.81. The summed E-state index contributed by atoms with van der Waals surface area (Å²) >= 11 is 0. The van der Waals surface area contributed by atoms with E-state index in [0.717, 1.165) is 0 Å². The van der Waals surface area contributed by atoms with Crippen LogP contribution in [0.4, 0.5) is 0 Å². The van der Waals surface area contributed by atoms with Crippen LogP contribution in [-0.4, -0.2) is 56.2 Å². The summed E-state index contributed by atoms with van der Waals surface area (Å²) in [7, 11) is 1.31. The van der Waals surface area contributed by atoms with E-state index in [9.17, 15) is 9.59 Å². The Balaban J connectivity index is 2.54. The average molecular weight is 202 g/mol. The summed E-state index contributed by atoms with van der Waals surface area (Å²) < 4.78 is 9.60. The monoisotopic (exact) mass is 202 g/mol. The van der Waals surface area contributed by atoms with E-state index in [1.54, 1.807) is 4.90 Å². The number of primary amides is 1. The fourth-order valence-corrected chi connectivity index (χ4v) is 1.32. The number of morpholine rings is 1. The van der Waals surface area contributed by atoms with Crippen molar-refractivity contribution in [1.29, 1.82) is 0 Å². The largest absolute Gasteiger partial charge is 0.468 e. The fraction of sp³-hybridized carbons (Fsp3) is 0.750. The molecule has 1 rings (SSSR count). The quantitative estimate of drug-likeness (QED) is 0.554. The van der Waals surface area contributed by atoms with E-state index in [1.165, 1.54) is 7.11 Å². The van der Waals surface area contributed by atoms with E-state index in [1.807, 2.05) is 0 Å². The first-order chi connectivity index (χ1) is 6.65. The van der Waals surface area contributed by atoms with Gasteiger partial charge in [0, 0.05) is 6.54 Å². The van der Waals surface area contributed by atoms with E-state index in [2.05, 4.69) is 4.74 Å². The molecule has 1 saturated heterocycles. The van der Waals surface area contributed by atoms with Crippen molar-refractivity contribution in [2.45, 2.75) is 6.04 Å². The molecule has 0 spiro atoms. The Bertz CT molecular complexity index is 231. The maximum atomic E-state index is 11.0. The number of ether oxygens (including phenoxy) is 2. The molecular formula is C8H14N2O4. The minimum Gasteiger partial charge on any atom is -0.468 e. The second-order valence-electron chi connectivity index (χ2n) is 3.04. The van der Waals surface area contributed by atoms with Gasteiger partial charge in [-0.2, -0.15) is 0 Å². The highest BCUT2D eigenvalue weighted by Crippen LogP contribution is 2.05. The summed E-state index contributed by atoms with van der Waals surface area (Å²) in [5.74, 6) is -0.855. The van der Waals surface area contributed by atoms with Crippen molar-refractivity contribution in [3.63, 3.8) is 0 Å². The van der Waals surface area contributed by atoms with Crippen molar-refractivity contribution in [2.24, 2.45) is 5.73 Å². The van der Waals surface area contributed by atoms with Gasteiger partial charge in [-0.05, 0) is 0 Å². The van der Waals surface area contributed by atoms with E-state index in [-0.39, 0.29) is 19.1 Å². The third kappa shape index (κ3) is 2.68. The van der Waals surface area contributed by atoms with E-state index >= 15 is 0 Å². The summed E-state index contributed by atoms with van der Waals surface area (Å²) in [6.45, 7) is 1.34. The highest BCUT2D eigenvalue weighted by Gasteiger charge is 2.29. The zero-order valence-electron chi connectivity index (χ0n) is 8.06. The van der Waals surface area contributed by atoms with Crippen LogP contribution in [-0.2, 0) is 19.1 Å². The van der Waals surface area contributed by atoms with Crippen LogP contribution in [0.2, 0.25) is 0 Å². The normalized spacial score (nSPS) is 23.1. The van der Waals surface area contributed by atoms with Gasteiger partial charge >= 0.3 is 5.97 Å². The Kier molecular flexibility index (Phi) is 3.84. The van der Waals surface area contributed by atoms with E-state index < -0.39 is 11.9 Å². The Hall–Kier alpha value is -1.14. The van der Waals surface area contributed by atoms with Gasteiger partial charge in [0.25, 0.3) is 0 Å². The predicted molar refractivity (Wildman–Crippen MR) is 47.4 cm³/mol. The van der Waals surface area contributed by atoms with Gasteiger partial charge in [-0.15, -0.1) is 0 Å². The molecule has 0 aromatic rings.